The molecular weight excluding hydrogens is 250 g/mol. The summed E-state index contributed by atoms with van der Waals surface area (Å²) >= 11 is 0. The fraction of sp³-hybridized carbons (Fsp3) is 0.538. The van der Waals surface area contributed by atoms with Crippen LogP contribution >= 0.6 is 0 Å². The minimum Gasteiger partial charge on any atom is -0.487 e. The molecule has 1 aromatic rings. The molecule has 6 nitrogen and oxygen atoms in total. The highest BCUT2D eigenvalue weighted by Gasteiger charge is 2.19. The predicted octanol–water partition coefficient (Wildman–Crippen LogP) is 2.28. The summed E-state index contributed by atoms with van der Waals surface area (Å²) in [5, 5.41) is 19.9. The Morgan fingerprint density at radius 3 is 2.63 bits per heavy atom. The lowest BCUT2D eigenvalue weighted by atomic mass is 10.1. The molecule has 0 fully saturated rings. The minimum absolute atomic E-state index is 0.137. The molecule has 1 aromatic carbocycles. The number of aliphatic hydroxyl groups excluding tert-OH is 1. The molecule has 0 aliphatic rings. The molecule has 1 rings (SSSR count). The van der Waals surface area contributed by atoms with Gasteiger partial charge in [-0.05, 0) is 25.5 Å². The van der Waals surface area contributed by atoms with E-state index < -0.39 is 4.92 Å². The van der Waals surface area contributed by atoms with Crippen LogP contribution in [0.2, 0.25) is 0 Å². The number of ether oxygens (including phenoxy) is 2. The third-order valence-electron chi connectivity index (χ3n) is 2.92. The van der Waals surface area contributed by atoms with E-state index in [2.05, 4.69) is 0 Å². The van der Waals surface area contributed by atoms with Crippen LogP contribution in [0.1, 0.15) is 25.8 Å². The maximum Gasteiger partial charge on any atom is 0.311 e. The molecule has 0 unspecified atom stereocenters. The third-order valence-corrected chi connectivity index (χ3v) is 2.92. The molecule has 0 aliphatic carbocycles. The summed E-state index contributed by atoms with van der Waals surface area (Å²) in [4.78, 5) is 10.4. The summed E-state index contributed by atoms with van der Waals surface area (Å²) in [7, 11) is 1.61. The second kappa shape index (κ2) is 6.49. The van der Waals surface area contributed by atoms with Gasteiger partial charge in [0.25, 0.3) is 0 Å². The Labute approximate surface area is 112 Å². The molecule has 1 N–H and O–H groups in total. The van der Waals surface area contributed by atoms with Gasteiger partial charge in [0, 0.05) is 19.6 Å². The highest BCUT2D eigenvalue weighted by atomic mass is 16.6. The van der Waals surface area contributed by atoms with Crippen LogP contribution < -0.4 is 4.74 Å². The summed E-state index contributed by atoms with van der Waals surface area (Å²) in [6, 6.07) is 4.42. The third kappa shape index (κ3) is 4.50. The second-order valence-electron chi connectivity index (χ2n) is 4.78. The van der Waals surface area contributed by atoms with Crippen molar-refractivity contribution < 1.29 is 19.5 Å². The van der Waals surface area contributed by atoms with Crippen molar-refractivity contribution >= 4 is 5.69 Å². The summed E-state index contributed by atoms with van der Waals surface area (Å²) in [6.45, 7) is 3.91. The number of benzene rings is 1. The Morgan fingerprint density at radius 1 is 1.42 bits per heavy atom. The van der Waals surface area contributed by atoms with E-state index in [1.54, 1.807) is 13.2 Å². The average molecular weight is 269 g/mol. The molecular formula is C13H19NO5. The molecule has 6 heteroatoms. The van der Waals surface area contributed by atoms with Crippen molar-refractivity contribution in [2.24, 2.45) is 0 Å². The van der Waals surface area contributed by atoms with Crippen molar-refractivity contribution in [3.8, 4) is 5.75 Å². The molecule has 0 spiro atoms. The molecule has 19 heavy (non-hydrogen) atoms. The maximum absolute atomic E-state index is 10.9. The number of nitro benzene ring substituents is 1. The van der Waals surface area contributed by atoms with Crippen LogP contribution in [0.5, 0.6) is 5.75 Å². The van der Waals surface area contributed by atoms with Crippen LogP contribution in [0.25, 0.3) is 0 Å². The highest BCUT2D eigenvalue weighted by molar-refractivity contribution is 5.48. The van der Waals surface area contributed by atoms with Gasteiger partial charge in [-0.1, -0.05) is 6.07 Å². The van der Waals surface area contributed by atoms with Gasteiger partial charge >= 0.3 is 5.69 Å². The van der Waals surface area contributed by atoms with E-state index in [9.17, 15) is 10.1 Å². The van der Waals surface area contributed by atoms with Gasteiger partial charge in [-0.3, -0.25) is 10.1 Å². The van der Waals surface area contributed by atoms with E-state index in [1.807, 2.05) is 13.8 Å². The first-order valence-electron chi connectivity index (χ1n) is 5.96. The molecule has 0 radical (unpaired) electrons. The fourth-order valence-corrected chi connectivity index (χ4v) is 1.43. The molecule has 0 heterocycles. The van der Waals surface area contributed by atoms with Gasteiger partial charge in [0.2, 0.25) is 0 Å². The van der Waals surface area contributed by atoms with Gasteiger partial charge in [0.15, 0.2) is 5.75 Å². The van der Waals surface area contributed by atoms with Crippen molar-refractivity contribution in [3.63, 3.8) is 0 Å². The lowest BCUT2D eigenvalue weighted by molar-refractivity contribution is -0.386. The zero-order valence-corrected chi connectivity index (χ0v) is 11.4. The van der Waals surface area contributed by atoms with Crippen LogP contribution in [-0.2, 0) is 11.3 Å². The molecule has 0 atom stereocenters. The first-order chi connectivity index (χ1) is 8.89. The van der Waals surface area contributed by atoms with Crippen molar-refractivity contribution in [3.05, 3.63) is 33.9 Å². The summed E-state index contributed by atoms with van der Waals surface area (Å²) in [5.74, 6) is 0.203. The number of rotatable bonds is 7. The molecule has 0 saturated heterocycles. The zero-order valence-electron chi connectivity index (χ0n) is 11.4. The Morgan fingerprint density at radius 2 is 2.11 bits per heavy atom. The van der Waals surface area contributed by atoms with Crippen LogP contribution in [0.4, 0.5) is 5.69 Å². The van der Waals surface area contributed by atoms with Gasteiger partial charge in [0.1, 0.15) is 0 Å². The van der Waals surface area contributed by atoms with E-state index in [4.69, 9.17) is 14.6 Å². The fourth-order valence-electron chi connectivity index (χ4n) is 1.43. The summed E-state index contributed by atoms with van der Waals surface area (Å²) in [6.07, 6.45) is 0.613. The lowest BCUT2D eigenvalue weighted by Crippen LogP contribution is -2.25. The van der Waals surface area contributed by atoms with E-state index in [0.29, 0.717) is 18.6 Å². The van der Waals surface area contributed by atoms with E-state index in [0.717, 1.165) is 0 Å². The van der Waals surface area contributed by atoms with Crippen molar-refractivity contribution in [1.29, 1.82) is 0 Å². The van der Waals surface area contributed by atoms with E-state index in [-0.39, 0.29) is 23.6 Å². The van der Waals surface area contributed by atoms with Gasteiger partial charge < -0.3 is 14.6 Å². The summed E-state index contributed by atoms with van der Waals surface area (Å²) in [5.41, 5.74) is 0.0119. The van der Waals surface area contributed by atoms with Crippen molar-refractivity contribution in [1.82, 2.24) is 0 Å². The first-order valence-corrected chi connectivity index (χ1v) is 5.96. The van der Waals surface area contributed by atoms with Gasteiger partial charge in [0.05, 0.1) is 23.7 Å². The number of hydrogen-bond donors (Lipinski definition) is 1. The molecule has 0 aromatic heterocycles. The Kier molecular flexibility index (Phi) is 5.26. The molecule has 0 aliphatic heterocycles. The molecule has 0 bridgehead atoms. The van der Waals surface area contributed by atoms with Gasteiger partial charge in [-0.2, -0.15) is 0 Å². The van der Waals surface area contributed by atoms with E-state index >= 15 is 0 Å². The Hall–Kier alpha value is -1.66. The van der Waals surface area contributed by atoms with Gasteiger partial charge in [-0.15, -0.1) is 0 Å². The quantitative estimate of drug-likeness (QED) is 0.606. The van der Waals surface area contributed by atoms with Crippen LogP contribution in [0.3, 0.4) is 0 Å². The van der Waals surface area contributed by atoms with Crippen LogP contribution in [0.15, 0.2) is 18.2 Å². The zero-order chi connectivity index (χ0) is 14.5. The Balaban J connectivity index is 2.75. The largest absolute Gasteiger partial charge is 0.487 e. The number of nitro groups is 1. The number of hydrogen-bond acceptors (Lipinski definition) is 5. The Bertz CT molecular complexity index is 445. The number of nitrogens with zero attached hydrogens (tertiary/aromatic N) is 1. The number of aliphatic hydroxyl groups is 1. The lowest BCUT2D eigenvalue weighted by Gasteiger charge is -2.22. The first kappa shape index (κ1) is 15.4. The highest BCUT2D eigenvalue weighted by Crippen LogP contribution is 2.28. The molecule has 0 saturated carbocycles. The van der Waals surface area contributed by atoms with Crippen molar-refractivity contribution in [2.75, 3.05) is 13.7 Å². The predicted molar refractivity (Wildman–Crippen MR) is 70.2 cm³/mol. The normalized spacial score (nSPS) is 11.4. The van der Waals surface area contributed by atoms with Crippen LogP contribution in [-0.4, -0.2) is 29.3 Å². The smallest absolute Gasteiger partial charge is 0.311 e. The van der Waals surface area contributed by atoms with Gasteiger partial charge in [-0.25, -0.2) is 0 Å². The van der Waals surface area contributed by atoms with Crippen molar-refractivity contribution in [2.45, 2.75) is 32.5 Å². The monoisotopic (exact) mass is 269 g/mol. The topological polar surface area (TPSA) is 81.8 Å². The summed E-state index contributed by atoms with van der Waals surface area (Å²) < 4.78 is 10.7. The SMILES string of the molecule is COC(C)(C)CCOc1ccc(CO)cc1[N+](=O)[O-]. The molecule has 106 valence electrons. The maximum atomic E-state index is 10.9. The molecule has 0 amide bonds. The average Bonchev–Trinajstić information content (AvgIpc) is 2.38. The second-order valence-corrected chi connectivity index (χ2v) is 4.78. The van der Waals surface area contributed by atoms with Crippen LogP contribution in [0, 0.1) is 10.1 Å². The van der Waals surface area contributed by atoms with E-state index in [1.165, 1.54) is 12.1 Å². The number of methoxy groups -OCH3 is 1. The standard InChI is InChI=1S/C13H19NO5/c1-13(2,18-3)6-7-19-12-5-4-10(9-15)8-11(12)14(16)17/h4-5,8,15H,6-7,9H2,1-3H3. The minimum atomic E-state index is -0.518.